The molecule has 25 heavy (non-hydrogen) atoms. The number of hydrogen-bond acceptors (Lipinski definition) is 3. The molecule has 0 spiro atoms. The molecule has 0 radical (unpaired) electrons. The highest BCUT2D eigenvalue weighted by Gasteiger charge is 2.18. The van der Waals surface area contributed by atoms with Gasteiger partial charge in [-0.05, 0) is 37.1 Å². The zero-order valence-electron chi connectivity index (χ0n) is 13.9. The zero-order chi connectivity index (χ0) is 18.3. The van der Waals surface area contributed by atoms with Gasteiger partial charge in [-0.15, -0.1) is 6.42 Å². The van der Waals surface area contributed by atoms with Crippen molar-refractivity contribution in [3.8, 4) is 12.3 Å². The number of rotatable bonds is 8. The van der Waals surface area contributed by atoms with Gasteiger partial charge in [0.1, 0.15) is 6.61 Å². The second-order valence-corrected chi connectivity index (χ2v) is 7.70. The fourth-order valence-corrected chi connectivity index (χ4v) is 3.64. The smallest absolute Gasteiger partial charge is 0.240 e. The molecule has 6 heteroatoms. The summed E-state index contributed by atoms with van der Waals surface area (Å²) in [5.41, 5.74) is 1.79. The highest BCUT2D eigenvalue weighted by Crippen LogP contribution is 2.27. The van der Waals surface area contributed by atoms with Crippen molar-refractivity contribution in [1.29, 1.82) is 0 Å². The van der Waals surface area contributed by atoms with E-state index in [1.54, 1.807) is 30.3 Å². The Balaban J connectivity index is 2.04. The lowest BCUT2D eigenvalue weighted by atomic mass is 10.1. The van der Waals surface area contributed by atoms with Crippen molar-refractivity contribution in [1.82, 2.24) is 4.72 Å². The number of nitrogens with one attached hydrogen (secondary N) is 1. The van der Waals surface area contributed by atoms with Crippen LogP contribution in [0.4, 0.5) is 0 Å². The summed E-state index contributed by atoms with van der Waals surface area (Å²) in [5, 5.41) is 0.561. The molecule has 0 saturated carbocycles. The summed E-state index contributed by atoms with van der Waals surface area (Å²) in [7, 11) is -3.56. The Bertz CT molecular complexity index is 842. The van der Waals surface area contributed by atoms with E-state index in [4.69, 9.17) is 22.8 Å². The molecule has 0 aromatic heterocycles. The quantitative estimate of drug-likeness (QED) is 0.713. The van der Waals surface area contributed by atoms with Crippen molar-refractivity contribution < 1.29 is 13.2 Å². The summed E-state index contributed by atoms with van der Waals surface area (Å²) >= 11 is 6.21. The molecular weight excluding hydrogens is 358 g/mol. The highest BCUT2D eigenvalue weighted by atomic mass is 35.5. The van der Waals surface area contributed by atoms with E-state index in [-0.39, 0.29) is 24.2 Å². The molecule has 0 unspecified atom stereocenters. The lowest BCUT2D eigenvalue weighted by Gasteiger charge is -2.18. The normalized spacial score (nSPS) is 12.5. The van der Waals surface area contributed by atoms with Gasteiger partial charge >= 0.3 is 0 Å². The largest absolute Gasteiger partial charge is 0.361 e. The molecule has 2 rings (SSSR count). The van der Waals surface area contributed by atoms with Gasteiger partial charge in [0.25, 0.3) is 0 Å². The van der Waals surface area contributed by atoms with Gasteiger partial charge in [0.2, 0.25) is 10.0 Å². The molecule has 0 aliphatic carbocycles. The number of benzene rings is 2. The average Bonchev–Trinajstić information content (AvgIpc) is 2.59. The van der Waals surface area contributed by atoms with Crippen molar-refractivity contribution in [2.75, 3.05) is 13.2 Å². The van der Waals surface area contributed by atoms with Crippen LogP contribution in [0.2, 0.25) is 5.02 Å². The van der Waals surface area contributed by atoms with E-state index in [0.717, 1.165) is 11.1 Å². The van der Waals surface area contributed by atoms with Gasteiger partial charge in [-0.2, -0.15) is 0 Å². The Labute approximate surface area is 154 Å². The first kappa shape index (κ1) is 19.5. The van der Waals surface area contributed by atoms with Crippen molar-refractivity contribution in [2.45, 2.75) is 24.3 Å². The van der Waals surface area contributed by atoms with E-state index in [0.29, 0.717) is 11.4 Å². The minimum absolute atomic E-state index is 0.126. The molecule has 0 fully saturated rings. The Morgan fingerprint density at radius 3 is 2.52 bits per heavy atom. The van der Waals surface area contributed by atoms with Crippen molar-refractivity contribution in [2.24, 2.45) is 0 Å². The van der Waals surface area contributed by atoms with Gasteiger partial charge in [0.15, 0.2) is 0 Å². The van der Waals surface area contributed by atoms with Crippen LogP contribution in [-0.2, 0) is 14.8 Å². The lowest BCUT2D eigenvalue weighted by Crippen LogP contribution is -2.26. The number of terminal acetylenes is 1. The van der Waals surface area contributed by atoms with Gasteiger partial charge in [0, 0.05) is 11.6 Å². The molecule has 0 aliphatic heterocycles. The second-order valence-electron chi connectivity index (χ2n) is 5.52. The fraction of sp³-hybridized carbons (Fsp3) is 0.263. The standard InChI is InChI=1S/C19H20ClNO3S/c1-3-14-24-19(17-6-4-5-7-18(17)20)12-13-21-25(22,23)16-10-8-15(2)9-11-16/h1,4-11,19,21H,12-14H2,2H3/t19-/m1/s1. The number of hydrogen-bond donors (Lipinski definition) is 1. The van der Waals surface area contributed by atoms with Crippen LogP contribution < -0.4 is 4.72 Å². The summed E-state index contributed by atoms with van der Waals surface area (Å²) < 4.78 is 32.9. The predicted molar refractivity (Wildman–Crippen MR) is 100.0 cm³/mol. The van der Waals surface area contributed by atoms with Crippen molar-refractivity contribution >= 4 is 21.6 Å². The molecule has 0 saturated heterocycles. The topological polar surface area (TPSA) is 55.4 Å². The van der Waals surface area contributed by atoms with Crippen molar-refractivity contribution in [3.63, 3.8) is 0 Å². The van der Waals surface area contributed by atoms with Gasteiger partial charge in [0.05, 0.1) is 11.0 Å². The average molecular weight is 378 g/mol. The summed E-state index contributed by atoms with van der Waals surface area (Å²) in [6.07, 6.45) is 5.29. The van der Waals surface area contributed by atoms with Gasteiger partial charge in [-0.3, -0.25) is 0 Å². The van der Waals surface area contributed by atoms with Crippen LogP contribution >= 0.6 is 11.6 Å². The molecule has 2 aromatic rings. The van der Waals surface area contributed by atoms with E-state index in [1.165, 1.54) is 0 Å². The lowest BCUT2D eigenvalue weighted by molar-refractivity contribution is 0.0724. The number of ether oxygens (including phenoxy) is 1. The maximum atomic E-state index is 12.3. The van der Waals surface area contributed by atoms with E-state index in [1.807, 2.05) is 25.1 Å². The monoisotopic (exact) mass is 377 g/mol. The fourth-order valence-electron chi connectivity index (χ4n) is 2.34. The molecule has 1 N–H and O–H groups in total. The molecule has 0 bridgehead atoms. The van der Waals surface area contributed by atoms with E-state index < -0.39 is 10.0 Å². The Morgan fingerprint density at radius 2 is 1.88 bits per heavy atom. The van der Waals surface area contributed by atoms with E-state index in [2.05, 4.69) is 10.6 Å². The molecule has 0 heterocycles. The molecular formula is C19H20ClNO3S. The predicted octanol–water partition coefficient (Wildman–Crippen LogP) is 3.71. The summed E-state index contributed by atoms with van der Waals surface area (Å²) in [6.45, 7) is 2.23. The molecule has 1 atom stereocenters. The van der Waals surface area contributed by atoms with Crippen LogP contribution in [0, 0.1) is 19.3 Å². The number of sulfonamides is 1. The number of halogens is 1. The van der Waals surface area contributed by atoms with Crippen molar-refractivity contribution in [3.05, 3.63) is 64.7 Å². The summed E-state index contributed by atoms with van der Waals surface area (Å²) in [4.78, 5) is 0.233. The molecule has 0 amide bonds. The first-order chi connectivity index (χ1) is 11.9. The zero-order valence-corrected chi connectivity index (χ0v) is 15.5. The molecule has 2 aromatic carbocycles. The van der Waals surface area contributed by atoms with Crippen LogP contribution in [0.1, 0.15) is 23.7 Å². The van der Waals surface area contributed by atoms with Crippen LogP contribution in [-0.4, -0.2) is 21.6 Å². The Kier molecular flexibility index (Phi) is 7.03. The van der Waals surface area contributed by atoms with Gasteiger partial charge in [-0.25, -0.2) is 13.1 Å². The van der Waals surface area contributed by atoms with Crippen LogP contribution in [0.15, 0.2) is 53.4 Å². The van der Waals surface area contributed by atoms with E-state index >= 15 is 0 Å². The first-order valence-corrected chi connectivity index (χ1v) is 9.66. The van der Waals surface area contributed by atoms with Gasteiger partial charge < -0.3 is 4.74 Å². The van der Waals surface area contributed by atoms with Crippen LogP contribution in [0.5, 0.6) is 0 Å². The maximum absolute atomic E-state index is 12.3. The van der Waals surface area contributed by atoms with Crippen LogP contribution in [0.25, 0.3) is 0 Å². The molecule has 0 aliphatic rings. The third kappa shape index (κ3) is 5.58. The highest BCUT2D eigenvalue weighted by molar-refractivity contribution is 7.89. The Hall–Kier alpha value is -1.84. The molecule has 132 valence electrons. The van der Waals surface area contributed by atoms with Gasteiger partial charge in [-0.1, -0.05) is 53.4 Å². The third-order valence-corrected chi connectivity index (χ3v) is 5.47. The summed E-state index contributed by atoms with van der Waals surface area (Å²) in [6, 6.07) is 14.0. The molecule has 4 nitrogen and oxygen atoms in total. The minimum Gasteiger partial charge on any atom is -0.361 e. The SMILES string of the molecule is C#CCO[C@H](CCNS(=O)(=O)c1ccc(C)cc1)c1ccccc1Cl. The first-order valence-electron chi connectivity index (χ1n) is 7.80. The summed E-state index contributed by atoms with van der Waals surface area (Å²) in [5.74, 6) is 2.42. The van der Waals surface area contributed by atoms with E-state index in [9.17, 15) is 8.42 Å². The van der Waals surface area contributed by atoms with Crippen LogP contribution in [0.3, 0.4) is 0 Å². The maximum Gasteiger partial charge on any atom is 0.240 e. The minimum atomic E-state index is -3.56. The Morgan fingerprint density at radius 1 is 1.20 bits per heavy atom. The number of aryl methyl sites for hydroxylation is 1. The third-order valence-electron chi connectivity index (χ3n) is 3.65. The second kappa shape index (κ2) is 9.02.